The van der Waals surface area contributed by atoms with Crippen molar-refractivity contribution in [1.29, 1.82) is 0 Å². The van der Waals surface area contributed by atoms with Crippen LogP contribution in [0.5, 0.6) is 0 Å². The zero-order chi connectivity index (χ0) is 11.2. The minimum Gasteiger partial charge on any atom is -0.380 e. The Morgan fingerprint density at radius 3 is 3.12 bits per heavy atom. The molecule has 2 rings (SSSR count). The van der Waals surface area contributed by atoms with Crippen molar-refractivity contribution >= 4 is 11.6 Å². The quantitative estimate of drug-likeness (QED) is 0.743. The molecule has 0 unspecified atom stereocenters. The van der Waals surface area contributed by atoms with E-state index in [1.807, 2.05) is 6.07 Å². The van der Waals surface area contributed by atoms with Crippen molar-refractivity contribution in [1.82, 2.24) is 10.3 Å². The molecule has 1 fully saturated rings. The molecular weight excluding hydrogens is 224 g/mol. The minimum atomic E-state index is 0.717. The zero-order valence-corrected chi connectivity index (χ0v) is 10.0. The van der Waals surface area contributed by atoms with Crippen LogP contribution in [-0.4, -0.2) is 24.7 Å². The normalized spacial score (nSPS) is 15.3. The Balaban J connectivity index is 1.55. The molecule has 1 aliphatic rings. The molecule has 0 aromatic carbocycles. The number of nitrogens with zero attached hydrogens (tertiary/aromatic N) is 1. The first-order valence-corrected chi connectivity index (χ1v) is 6.11. The molecule has 0 atom stereocenters. The fraction of sp³-hybridized carbons (Fsp3) is 0.583. The van der Waals surface area contributed by atoms with Gasteiger partial charge in [0, 0.05) is 32.1 Å². The van der Waals surface area contributed by atoms with E-state index in [1.165, 1.54) is 12.8 Å². The van der Waals surface area contributed by atoms with E-state index in [4.69, 9.17) is 16.3 Å². The lowest BCUT2D eigenvalue weighted by atomic mass is 10.3. The van der Waals surface area contributed by atoms with Crippen LogP contribution in [0.4, 0.5) is 0 Å². The summed E-state index contributed by atoms with van der Waals surface area (Å²) in [5.74, 6) is 0.842. The molecule has 1 aliphatic carbocycles. The van der Waals surface area contributed by atoms with E-state index in [9.17, 15) is 0 Å². The number of rotatable bonds is 7. The van der Waals surface area contributed by atoms with Gasteiger partial charge in [-0.1, -0.05) is 11.6 Å². The number of hydrogen-bond acceptors (Lipinski definition) is 3. The standard InChI is InChI=1S/C12H17ClN2O/c13-12-8-14-4-3-11(12)7-15-5-6-16-9-10-1-2-10/h3-4,8,10,15H,1-2,5-7,9H2. The van der Waals surface area contributed by atoms with Gasteiger partial charge in [-0.2, -0.15) is 0 Å². The number of halogens is 1. The molecule has 0 saturated heterocycles. The Morgan fingerprint density at radius 1 is 1.50 bits per heavy atom. The van der Waals surface area contributed by atoms with Crippen LogP contribution in [0.2, 0.25) is 5.02 Å². The second-order valence-corrected chi connectivity index (χ2v) is 4.57. The highest BCUT2D eigenvalue weighted by Crippen LogP contribution is 2.28. The Morgan fingerprint density at radius 2 is 2.38 bits per heavy atom. The maximum absolute atomic E-state index is 5.98. The fourth-order valence-electron chi connectivity index (χ4n) is 1.45. The molecule has 1 saturated carbocycles. The molecular formula is C12H17ClN2O. The highest BCUT2D eigenvalue weighted by Gasteiger charge is 2.20. The van der Waals surface area contributed by atoms with Crippen LogP contribution in [0.15, 0.2) is 18.5 Å². The molecule has 0 aliphatic heterocycles. The van der Waals surface area contributed by atoms with Crippen molar-refractivity contribution in [3.8, 4) is 0 Å². The first-order chi connectivity index (χ1) is 7.86. The smallest absolute Gasteiger partial charge is 0.0634 e. The van der Waals surface area contributed by atoms with Gasteiger partial charge in [0.05, 0.1) is 11.6 Å². The van der Waals surface area contributed by atoms with Gasteiger partial charge in [0.2, 0.25) is 0 Å². The summed E-state index contributed by atoms with van der Waals surface area (Å²) in [5.41, 5.74) is 1.08. The summed E-state index contributed by atoms with van der Waals surface area (Å²) < 4.78 is 5.52. The lowest BCUT2D eigenvalue weighted by Gasteiger charge is -2.06. The Hall–Kier alpha value is -0.640. The van der Waals surface area contributed by atoms with Crippen LogP contribution in [0, 0.1) is 5.92 Å². The minimum absolute atomic E-state index is 0.717. The van der Waals surface area contributed by atoms with Gasteiger partial charge in [-0.25, -0.2) is 0 Å². The first kappa shape index (κ1) is 11.8. The van der Waals surface area contributed by atoms with E-state index in [2.05, 4.69) is 10.3 Å². The average Bonchev–Trinajstić information content (AvgIpc) is 3.09. The largest absolute Gasteiger partial charge is 0.380 e. The van der Waals surface area contributed by atoms with E-state index >= 15 is 0 Å². The van der Waals surface area contributed by atoms with Gasteiger partial charge in [-0.05, 0) is 30.4 Å². The maximum atomic E-state index is 5.98. The van der Waals surface area contributed by atoms with E-state index in [-0.39, 0.29) is 0 Å². The first-order valence-electron chi connectivity index (χ1n) is 5.73. The maximum Gasteiger partial charge on any atom is 0.0634 e. The van der Waals surface area contributed by atoms with E-state index in [1.54, 1.807) is 12.4 Å². The summed E-state index contributed by atoms with van der Waals surface area (Å²) in [6, 6.07) is 1.93. The number of hydrogen-bond donors (Lipinski definition) is 1. The molecule has 0 bridgehead atoms. The topological polar surface area (TPSA) is 34.2 Å². The predicted octanol–water partition coefficient (Wildman–Crippen LogP) is 2.25. The van der Waals surface area contributed by atoms with Gasteiger partial charge in [-0.15, -0.1) is 0 Å². The van der Waals surface area contributed by atoms with Crippen molar-refractivity contribution < 1.29 is 4.74 Å². The fourth-order valence-corrected chi connectivity index (χ4v) is 1.64. The number of nitrogens with one attached hydrogen (secondary N) is 1. The third-order valence-corrected chi connectivity index (χ3v) is 2.99. The van der Waals surface area contributed by atoms with Crippen LogP contribution >= 0.6 is 11.6 Å². The predicted molar refractivity (Wildman–Crippen MR) is 64.5 cm³/mol. The highest BCUT2D eigenvalue weighted by atomic mass is 35.5. The van der Waals surface area contributed by atoms with E-state index in [0.717, 1.165) is 37.8 Å². The SMILES string of the molecule is Clc1cnccc1CNCCOCC1CC1. The lowest BCUT2D eigenvalue weighted by molar-refractivity contribution is 0.126. The summed E-state index contributed by atoms with van der Waals surface area (Å²) in [6.45, 7) is 3.34. The van der Waals surface area contributed by atoms with Crippen LogP contribution < -0.4 is 5.32 Å². The molecule has 4 heteroatoms. The molecule has 1 aromatic heterocycles. The van der Waals surface area contributed by atoms with Crippen LogP contribution in [0.3, 0.4) is 0 Å². The Kier molecular flexibility index (Phi) is 4.57. The Labute approximate surface area is 101 Å². The third kappa shape index (κ3) is 4.08. The molecule has 16 heavy (non-hydrogen) atoms. The Bertz CT molecular complexity index is 329. The number of aromatic nitrogens is 1. The summed E-state index contributed by atoms with van der Waals surface area (Å²) in [4.78, 5) is 3.94. The van der Waals surface area contributed by atoms with Gasteiger partial charge < -0.3 is 10.1 Å². The second-order valence-electron chi connectivity index (χ2n) is 4.16. The molecule has 1 aromatic rings. The van der Waals surface area contributed by atoms with Gasteiger partial charge in [0.1, 0.15) is 0 Å². The van der Waals surface area contributed by atoms with Gasteiger partial charge in [0.25, 0.3) is 0 Å². The highest BCUT2D eigenvalue weighted by molar-refractivity contribution is 6.31. The summed E-state index contributed by atoms with van der Waals surface area (Å²) in [5, 5.41) is 4.02. The zero-order valence-electron chi connectivity index (χ0n) is 9.29. The van der Waals surface area contributed by atoms with E-state index in [0.29, 0.717) is 5.02 Å². The molecule has 1 heterocycles. The van der Waals surface area contributed by atoms with Gasteiger partial charge in [-0.3, -0.25) is 4.98 Å². The van der Waals surface area contributed by atoms with Crippen molar-refractivity contribution in [2.75, 3.05) is 19.8 Å². The number of pyridine rings is 1. The average molecular weight is 241 g/mol. The molecule has 1 N–H and O–H groups in total. The van der Waals surface area contributed by atoms with Crippen LogP contribution in [0.25, 0.3) is 0 Å². The van der Waals surface area contributed by atoms with Crippen molar-refractivity contribution in [2.24, 2.45) is 5.92 Å². The van der Waals surface area contributed by atoms with Gasteiger partial charge in [0.15, 0.2) is 0 Å². The third-order valence-electron chi connectivity index (χ3n) is 2.65. The summed E-state index contributed by atoms with van der Waals surface area (Å²) in [7, 11) is 0. The van der Waals surface area contributed by atoms with E-state index < -0.39 is 0 Å². The lowest BCUT2D eigenvalue weighted by Crippen LogP contribution is -2.20. The number of ether oxygens (including phenoxy) is 1. The van der Waals surface area contributed by atoms with Crippen molar-refractivity contribution in [3.63, 3.8) is 0 Å². The summed E-state index contributed by atoms with van der Waals surface area (Å²) in [6.07, 6.45) is 6.12. The molecule has 0 radical (unpaired) electrons. The van der Waals surface area contributed by atoms with Crippen molar-refractivity contribution in [2.45, 2.75) is 19.4 Å². The molecule has 0 amide bonds. The second kappa shape index (κ2) is 6.18. The monoisotopic (exact) mass is 240 g/mol. The molecule has 0 spiro atoms. The van der Waals surface area contributed by atoms with Crippen LogP contribution in [-0.2, 0) is 11.3 Å². The van der Waals surface area contributed by atoms with Gasteiger partial charge >= 0.3 is 0 Å². The molecule has 88 valence electrons. The molecule has 3 nitrogen and oxygen atoms in total. The van der Waals surface area contributed by atoms with Crippen molar-refractivity contribution in [3.05, 3.63) is 29.0 Å². The summed E-state index contributed by atoms with van der Waals surface area (Å²) >= 11 is 5.98. The van der Waals surface area contributed by atoms with Crippen LogP contribution in [0.1, 0.15) is 18.4 Å².